The van der Waals surface area contributed by atoms with Gasteiger partial charge in [0.2, 0.25) is 5.91 Å². The summed E-state index contributed by atoms with van der Waals surface area (Å²) in [4.78, 5) is 15.1. The van der Waals surface area contributed by atoms with Crippen molar-refractivity contribution in [2.45, 2.75) is 36.9 Å². The van der Waals surface area contributed by atoms with Gasteiger partial charge in [-0.3, -0.25) is 9.69 Å². The van der Waals surface area contributed by atoms with Gasteiger partial charge in [-0.15, -0.1) is 0 Å². The first-order valence-corrected chi connectivity index (χ1v) is 13.1. The summed E-state index contributed by atoms with van der Waals surface area (Å²) in [6.45, 7) is 3.01. The molecule has 5 rings (SSSR count). The lowest BCUT2D eigenvalue weighted by Gasteiger charge is -2.44. The van der Waals surface area contributed by atoms with Crippen LogP contribution in [0.3, 0.4) is 0 Å². The van der Waals surface area contributed by atoms with E-state index in [1.165, 1.54) is 27.5 Å². The molecule has 1 aliphatic heterocycles. The van der Waals surface area contributed by atoms with E-state index in [4.69, 9.17) is 4.74 Å². The quantitative estimate of drug-likeness (QED) is 0.567. The minimum Gasteiger partial charge on any atom is -0.378 e. The van der Waals surface area contributed by atoms with E-state index in [0.29, 0.717) is 5.75 Å². The topological polar surface area (TPSA) is 41.6 Å². The molecule has 172 valence electrons. The van der Waals surface area contributed by atoms with Crippen molar-refractivity contribution >= 4 is 28.4 Å². The molecule has 1 spiro atoms. The van der Waals surface area contributed by atoms with Gasteiger partial charge in [0.05, 0.1) is 17.9 Å². The minimum atomic E-state index is -0.0853. The maximum Gasteiger partial charge on any atom is 0.230 e. The van der Waals surface area contributed by atoms with E-state index in [-0.39, 0.29) is 23.5 Å². The molecule has 0 radical (unpaired) electrons. The highest BCUT2D eigenvalue weighted by atomic mass is 32.2. The second-order valence-electron chi connectivity index (χ2n) is 9.34. The predicted molar refractivity (Wildman–Crippen MR) is 137 cm³/mol. The van der Waals surface area contributed by atoms with E-state index in [9.17, 15) is 4.79 Å². The molecular formula is C28H32N2O2S. The maximum absolute atomic E-state index is 12.5. The summed E-state index contributed by atoms with van der Waals surface area (Å²) in [5.74, 6) is 0.553. The van der Waals surface area contributed by atoms with Crippen LogP contribution in [0.4, 0.5) is 0 Å². The van der Waals surface area contributed by atoms with Gasteiger partial charge in [0, 0.05) is 19.1 Å². The molecule has 1 heterocycles. The average molecular weight is 461 g/mol. The molecule has 1 aliphatic carbocycles. The summed E-state index contributed by atoms with van der Waals surface area (Å²) in [5.41, 5.74) is 3.89. The smallest absolute Gasteiger partial charge is 0.230 e. The molecule has 2 atom stereocenters. The van der Waals surface area contributed by atoms with Crippen LogP contribution in [0.25, 0.3) is 10.8 Å². The first-order chi connectivity index (χ1) is 16.1. The van der Waals surface area contributed by atoms with Gasteiger partial charge in [-0.1, -0.05) is 60.7 Å². The van der Waals surface area contributed by atoms with Crippen molar-refractivity contribution in [1.82, 2.24) is 10.2 Å². The molecule has 1 fully saturated rings. The van der Waals surface area contributed by atoms with E-state index < -0.39 is 0 Å². The van der Waals surface area contributed by atoms with Crippen molar-refractivity contribution in [1.29, 1.82) is 0 Å². The molecule has 5 heteroatoms. The number of carbonyl (C=O) groups excluding carboxylic acids is 1. The molecule has 0 aromatic heterocycles. The number of fused-ring (bicyclic) bond motifs is 3. The van der Waals surface area contributed by atoms with Gasteiger partial charge in [0.15, 0.2) is 0 Å². The van der Waals surface area contributed by atoms with Crippen molar-refractivity contribution in [3.05, 3.63) is 83.4 Å². The third-order valence-electron chi connectivity index (χ3n) is 7.49. The first kappa shape index (κ1) is 22.5. The zero-order valence-electron chi connectivity index (χ0n) is 19.4. The summed E-state index contributed by atoms with van der Waals surface area (Å²) in [6.07, 6.45) is 3.99. The largest absolute Gasteiger partial charge is 0.378 e. The van der Waals surface area contributed by atoms with Crippen LogP contribution in [-0.2, 0) is 21.5 Å². The monoisotopic (exact) mass is 460 g/mol. The van der Waals surface area contributed by atoms with Gasteiger partial charge in [-0.2, -0.15) is 11.8 Å². The number of nitrogens with zero attached hydrogens (tertiary/aromatic N) is 1. The molecule has 3 aromatic carbocycles. The van der Waals surface area contributed by atoms with Gasteiger partial charge < -0.3 is 10.1 Å². The number of ether oxygens (including phenoxy) is 1. The summed E-state index contributed by atoms with van der Waals surface area (Å²) < 4.78 is 6.14. The Morgan fingerprint density at radius 1 is 1.06 bits per heavy atom. The van der Waals surface area contributed by atoms with Crippen molar-refractivity contribution in [3.63, 3.8) is 0 Å². The fourth-order valence-electron chi connectivity index (χ4n) is 5.98. The van der Waals surface area contributed by atoms with E-state index in [1.54, 1.807) is 18.9 Å². The Morgan fingerprint density at radius 2 is 1.79 bits per heavy atom. The van der Waals surface area contributed by atoms with E-state index in [2.05, 4.69) is 76.9 Å². The zero-order chi connectivity index (χ0) is 22.8. The lowest BCUT2D eigenvalue weighted by molar-refractivity contribution is -0.121. The normalized spacial score (nSPS) is 21.9. The fourth-order valence-corrected chi connectivity index (χ4v) is 6.32. The van der Waals surface area contributed by atoms with Gasteiger partial charge in [0.1, 0.15) is 0 Å². The first-order valence-electron chi connectivity index (χ1n) is 11.7. The molecule has 33 heavy (non-hydrogen) atoms. The van der Waals surface area contributed by atoms with Crippen LogP contribution in [0.1, 0.15) is 35.6 Å². The number of piperidine rings is 1. The lowest BCUT2D eigenvalue weighted by Crippen LogP contribution is -2.50. The number of methoxy groups -OCH3 is 1. The molecule has 0 bridgehead atoms. The number of hydrogen-bond donors (Lipinski definition) is 1. The molecular weight excluding hydrogens is 428 g/mol. The van der Waals surface area contributed by atoms with Crippen LogP contribution in [0, 0.1) is 0 Å². The SMILES string of the molecule is CO[C@@H]1[C@@H](NC(=O)CSC)c2ccccc2C12CCN(Cc1ccc3ccccc3c1)CC2. The standard InChI is InChI=1S/C28H32N2O2S/c1-32-27-26(29-25(31)19-33-2)23-9-5-6-10-24(23)28(27)13-15-30(16-14-28)18-20-11-12-21-7-3-4-8-22(21)17-20/h3-12,17,26-27H,13-16,18-19H2,1-2H3,(H,29,31)/t26-,27+/m0/s1. The maximum atomic E-state index is 12.5. The molecule has 4 nitrogen and oxygen atoms in total. The van der Waals surface area contributed by atoms with Crippen molar-refractivity contribution < 1.29 is 9.53 Å². The highest BCUT2D eigenvalue weighted by molar-refractivity contribution is 7.99. The van der Waals surface area contributed by atoms with Crippen LogP contribution in [0.15, 0.2) is 66.7 Å². The Labute approximate surface area is 200 Å². The Bertz CT molecular complexity index is 1140. The number of hydrogen-bond acceptors (Lipinski definition) is 4. The van der Waals surface area contributed by atoms with Crippen LogP contribution < -0.4 is 5.32 Å². The van der Waals surface area contributed by atoms with Crippen LogP contribution in [0.2, 0.25) is 0 Å². The molecule has 0 saturated carbocycles. The van der Waals surface area contributed by atoms with Gasteiger partial charge >= 0.3 is 0 Å². The molecule has 1 amide bonds. The minimum absolute atomic E-state index is 0.0384. The highest BCUT2D eigenvalue weighted by Crippen LogP contribution is 2.52. The Hall–Kier alpha value is -2.34. The van der Waals surface area contributed by atoms with Crippen LogP contribution in [0.5, 0.6) is 0 Å². The number of amides is 1. The Morgan fingerprint density at radius 3 is 2.55 bits per heavy atom. The molecule has 1 N–H and O–H groups in total. The molecule has 3 aromatic rings. The van der Waals surface area contributed by atoms with Crippen LogP contribution >= 0.6 is 11.8 Å². The van der Waals surface area contributed by atoms with Crippen molar-refractivity contribution in [2.75, 3.05) is 32.2 Å². The summed E-state index contributed by atoms with van der Waals surface area (Å²) in [7, 11) is 1.80. The van der Waals surface area contributed by atoms with E-state index in [1.807, 2.05) is 6.26 Å². The van der Waals surface area contributed by atoms with Crippen molar-refractivity contribution in [2.24, 2.45) is 0 Å². The second kappa shape index (κ2) is 9.49. The predicted octanol–water partition coefficient (Wildman–Crippen LogP) is 4.92. The molecule has 0 unspecified atom stereocenters. The number of thioether (sulfide) groups is 1. The Kier molecular flexibility index (Phi) is 6.46. The number of likely N-dealkylation sites (tertiary alicyclic amines) is 1. The van der Waals surface area contributed by atoms with E-state index in [0.717, 1.165) is 32.5 Å². The van der Waals surface area contributed by atoms with Crippen LogP contribution in [-0.4, -0.2) is 49.1 Å². The van der Waals surface area contributed by atoms with Crippen molar-refractivity contribution in [3.8, 4) is 0 Å². The Balaban J connectivity index is 1.35. The summed E-state index contributed by atoms with van der Waals surface area (Å²) in [6, 6.07) is 23.9. The number of rotatable bonds is 6. The van der Waals surface area contributed by atoms with Gasteiger partial charge in [-0.25, -0.2) is 0 Å². The van der Waals surface area contributed by atoms with Gasteiger partial charge in [-0.05, 0) is 65.7 Å². The van der Waals surface area contributed by atoms with E-state index >= 15 is 0 Å². The third-order valence-corrected chi connectivity index (χ3v) is 8.04. The second-order valence-corrected chi connectivity index (χ2v) is 10.2. The number of nitrogens with one attached hydrogen (secondary N) is 1. The molecule has 1 saturated heterocycles. The third kappa shape index (κ3) is 4.18. The molecule has 2 aliphatic rings. The highest BCUT2D eigenvalue weighted by Gasteiger charge is 2.53. The number of carbonyl (C=O) groups is 1. The summed E-state index contributed by atoms with van der Waals surface area (Å²) in [5, 5.41) is 5.87. The number of benzene rings is 3. The zero-order valence-corrected chi connectivity index (χ0v) is 20.2. The fraction of sp³-hybridized carbons (Fsp3) is 0.393. The summed E-state index contributed by atoms with van der Waals surface area (Å²) >= 11 is 1.55. The lowest BCUT2D eigenvalue weighted by atomic mass is 9.72. The van der Waals surface area contributed by atoms with Gasteiger partial charge in [0.25, 0.3) is 0 Å². The average Bonchev–Trinajstić information content (AvgIpc) is 3.09.